The minimum atomic E-state index is -3.60. The van der Waals surface area contributed by atoms with Gasteiger partial charge in [0.15, 0.2) is 0 Å². The van der Waals surface area contributed by atoms with Crippen molar-refractivity contribution in [2.24, 2.45) is 5.73 Å². The van der Waals surface area contributed by atoms with E-state index in [0.29, 0.717) is 16.8 Å². The first-order valence-electron chi connectivity index (χ1n) is 7.12. The zero-order valence-corrected chi connectivity index (χ0v) is 14.4. The number of hydrogen-bond acceptors (Lipinski definition) is 4. The molecule has 0 bridgehead atoms. The van der Waals surface area contributed by atoms with Crippen molar-refractivity contribution in [2.75, 3.05) is 6.61 Å². The molecule has 118 valence electrons. The molecular formula is C14H21BrN2O3S. The highest BCUT2D eigenvalue weighted by molar-refractivity contribution is 9.10. The monoisotopic (exact) mass is 376 g/mol. The molecule has 0 heterocycles. The number of halogens is 1. The van der Waals surface area contributed by atoms with Gasteiger partial charge in [-0.1, -0.05) is 15.9 Å². The molecule has 1 fully saturated rings. The van der Waals surface area contributed by atoms with Crippen molar-refractivity contribution >= 4 is 26.0 Å². The Labute approximate surface area is 134 Å². The molecule has 0 atom stereocenters. The van der Waals surface area contributed by atoms with Gasteiger partial charge in [0.25, 0.3) is 0 Å². The molecule has 0 radical (unpaired) electrons. The molecule has 1 aliphatic rings. The second-order valence-corrected chi connectivity index (χ2v) is 7.86. The third-order valence-electron chi connectivity index (χ3n) is 3.59. The highest BCUT2D eigenvalue weighted by Gasteiger charge is 2.26. The molecule has 2 rings (SSSR count). The van der Waals surface area contributed by atoms with E-state index >= 15 is 0 Å². The van der Waals surface area contributed by atoms with Crippen LogP contribution in [-0.2, 0) is 10.0 Å². The van der Waals surface area contributed by atoms with Crippen LogP contribution in [0.4, 0.5) is 0 Å². The van der Waals surface area contributed by atoms with Gasteiger partial charge in [-0.2, -0.15) is 0 Å². The van der Waals surface area contributed by atoms with Gasteiger partial charge in [-0.15, -0.1) is 0 Å². The lowest BCUT2D eigenvalue weighted by molar-refractivity contribution is 0.330. The fraction of sp³-hybridized carbons (Fsp3) is 0.571. The van der Waals surface area contributed by atoms with E-state index in [1.54, 1.807) is 18.2 Å². The first-order chi connectivity index (χ1) is 9.92. The second kappa shape index (κ2) is 7.09. The van der Waals surface area contributed by atoms with Gasteiger partial charge < -0.3 is 10.5 Å². The van der Waals surface area contributed by atoms with Gasteiger partial charge in [0.05, 0.1) is 6.61 Å². The van der Waals surface area contributed by atoms with Gasteiger partial charge in [-0.05, 0) is 50.8 Å². The van der Waals surface area contributed by atoms with Crippen molar-refractivity contribution < 1.29 is 13.2 Å². The lowest BCUT2D eigenvalue weighted by Gasteiger charge is -2.26. The van der Waals surface area contributed by atoms with E-state index in [-0.39, 0.29) is 17.0 Å². The van der Waals surface area contributed by atoms with Crippen molar-refractivity contribution in [1.82, 2.24) is 4.72 Å². The maximum Gasteiger partial charge on any atom is 0.244 e. The molecule has 1 aromatic rings. The summed E-state index contributed by atoms with van der Waals surface area (Å²) in [5.41, 5.74) is 5.85. The Balaban J connectivity index is 2.20. The largest absolute Gasteiger partial charge is 0.492 e. The summed E-state index contributed by atoms with van der Waals surface area (Å²) in [4.78, 5) is 0.175. The summed E-state index contributed by atoms with van der Waals surface area (Å²) in [5.74, 6) is 0.376. The lowest BCUT2D eigenvalue weighted by atomic mass is 9.93. The number of benzene rings is 1. The minimum absolute atomic E-state index is 0.0525. The maximum atomic E-state index is 12.6. The Bertz CT molecular complexity index is 584. The SMILES string of the molecule is CCOc1ccc(Br)cc1S(=O)(=O)NC1CCC(N)CC1. The van der Waals surface area contributed by atoms with Crippen LogP contribution >= 0.6 is 15.9 Å². The summed E-state index contributed by atoms with van der Waals surface area (Å²) < 4.78 is 34.1. The molecule has 21 heavy (non-hydrogen) atoms. The highest BCUT2D eigenvalue weighted by atomic mass is 79.9. The van der Waals surface area contributed by atoms with E-state index in [0.717, 1.165) is 25.7 Å². The van der Waals surface area contributed by atoms with Gasteiger partial charge in [-0.3, -0.25) is 0 Å². The van der Waals surface area contributed by atoms with Crippen LogP contribution in [0.1, 0.15) is 32.6 Å². The zero-order valence-electron chi connectivity index (χ0n) is 12.0. The van der Waals surface area contributed by atoms with Crippen LogP contribution in [0.25, 0.3) is 0 Å². The molecule has 0 unspecified atom stereocenters. The Morgan fingerprint density at radius 2 is 2.00 bits per heavy atom. The third kappa shape index (κ3) is 4.42. The van der Waals surface area contributed by atoms with E-state index in [4.69, 9.17) is 10.5 Å². The van der Waals surface area contributed by atoms with Crippen molar-refractivity contribution in [2.45, 2.75) is 49.6 Å². The first-order valence-corrected chi connectivity index (χ1v) is 9.40. The third-order valence-corrected chi connectivity index (χ3v) is 5.62. The van der Waals surface area contributed by atoms with Crippen molar-refractivity contribution in [1.29, 1.82) is 0 Å². The van der Waals surface area contributed by atoms with Crippen LogP contribution in [0.5, 0.6) is 5.75 Å². The Morgan fingerprint density at radius 1 is 1.33 bits per heavy atom. The molecule has 0 aliphatic heterocycles. The summed E-state index contributed by atoms with van der Waals surface area (Å²) in [5, 5.41) is 0. The topological polar surface area (TPSA) is 81.4 Å². The molecule has 0 amide bonds. The van der Waals surface area contributed by atoms with Gasteiger partial charge in [-0.25, -0.2) is 13.1 Å². The molecule has 0 aromatic heterocycles. The molecule has 0 spiro atoms. The fourth-order valence-corrected chi connectivity index (χ4v) is 4.47. The van der Waals surface area contributed by atoms with E-state index in [9.17, 15) is 8.42 Å². The van der Waals surface area contributed by atoms with E-state index in [1.165, 1.54) is 0 Å². The molecule has 3 N–H and O–H groups in total. The van der Waals surface area contributed by atoms with Crippen LogP contribution in [0.15, 0.2) is 27.6 Å². The normalized spacial score (nSPS) is 23.0. The fourth-order valence-electron chi connectivity index (χ4n) is 2.49. The predicted molar refractivity (Wildman–Crippen MR) is 85.9 cm³/mol. The van der Waals surface area contributed by atoms with Gasteiger partial charge in [0.2, 0.25) is 10.0 Å². The Kier molecular flexibility index (Phi) is 5.65. The summed E-state index contributed by atoms with van der Waals surface area (Å²) in [6.07, 6.45) is 3.25. The number of sulfonamides is 1. The molecule has 0 saturated heterocycles. The Morgan fingerprint density at radius 3 is 2.62 bits per heavy atom. The molecular weight excluding hydrogens is 356 g/mol. The standard InChI is InChI=1S/C14H21BrN2O3S/c1-2-20-13-8-3-10(15)9-14(13)21(18,19)17-12-6-4-11(16)5-7-12/h3,8-9,11-12,17H,2,4-7,16H2,1H3. The van der Waals surface area contributed by atoms with Crippen LogP contribution in [0, 0.1) is 0 Å². The highest BCUT2D eigenvalue weighted by Crippen LogP contribution is 2.28. The summed E-state index contributed by atoms with van der Waals surface area (Å²) in [7, 11) is -3.60. The number of rotatable bonds is 5. The van der Waals surface area contributed by atoms with E-state index in [2.05, 4.69) is 20.7 Å². The zero-order chi connectivity index (χ0) is 15.5. The van der Waals surface area contributed by atoms with Crippen molar-refractivity contribution in [3.63, 3.8) is 0 Å². The van der Waals surface area contributed by atoms with E-state index < -0.39 is 10.0 Å². The number of nitrogens with one attached hydrogen (secondary N) is 1. The van der Waals surface area contributed by atoms with E-state index in [1.807, 2.05) is 6.92 Å². The van der Waals surface area contributed by atoms with Crippen LogP contribution in [0.3, 0.4) is 0 Å². The van der Waals surface area contributed by atoms with Gasteiger partial charge in [0, 0.05) is 16.6 Å². The second-order valence-electron chi connectivity index (χ2n) is 5.26. The molecule has 1 saturated carbocycles. The molecule has 1 aromatic carbocycles. The van der Waals surface area contributed by atoms with Crippen molar-refractivity contribution in [3.05, 3.63) is 22.7 Å². The minimum Gasteiger partial charge on any atom is -0.492 e. The summed E-state index contributed by atoms with van der Waals surface area (Å²) in [6, 6.07) is 5.14. The summed E-state index contributed by atoms with van der Waals surface area (Å²) >= 11 is 3.31. The molecule has 5 nitrogen and oxygen atoms in total. The average Bonchev–Trinajstić information content (AvgIpc) is 2.43. The smallest absolute Gasteiger partial charge is 0.244 e. The van der Waals surface area contributed by atoms with Crippen LogP contribution in [0.2, 0.25) is 0 Å². The lowest BCUT2D eigenvalue weighted by Crippen LogP contribution is -2.40. The Hall–Kier alpha value is -0.630. The molecule has 1 aliphatic carbocycles. The summed E-state index contributed by atoms with van der Waals surface area (Å²) in [6.45, 7) is 2.25. The number of ether oxygens (including phenoxy) is 1. The van der Waals surface area contributed by atoms with Crippen LogP contribution < -0.4 is 15.2 Å². The molecule has 7 heteroatoms. The number of nitrogens with two attached hydrogens (primary N) is 1. The van der Waals surface area contributed by atoms with Gasteiger partial charge >= 0.3 is 0 Å². The van der Waals surface area contributed by atoms with Crippen LogP contribution in [-0.4, -0.2) is 27.1 Å². The quantitative estimate of drug-likeness (QED) is 0.826. The van der Waals surface area contributed by atoms with Gasteiger partial charge in [0.1, 0.15) is 10.6 Å². The number of hydrogen-bond donors (Lipinski definition) is 2. The first kappa shape index (κ1) is 16.7. The average molecular weight is 377 g/mol. The van der Waals surface area contributed by atoms with Crippen molar-refractivity contribution in [3.8, 4) is 5.75 Å². The predicted octanol–water partition coefficient (Wildman–Crippen LogP) is 2.40. The maximum absolute atomic E-state index is 12.6.